The van der Waals surface area contributed by atoms with E-state index in [2.05, 4.69) is 35.9 Å². The number of benzene rings is 2. The molecule has 0 aliphatic carbocycles. The molecule has 0 N–H and O–H groups in total. The van der Waals surface area contributed by atoms with Gasteiger partial charge in [-0.2, -0.15) is 0 Å². The van der Waals surface area contributed by atoms with Gasteiger partial charge in [0.15, 0.2) is 0 Å². The van der Waals surface area contributed by atoms with Crippen LogP contribution in [0.1, 0.15) is 37.5 Å². The van der Waals surface area contributed by atoms with Crippen molar-refractivity contribution in [3.8, 4) is 29.0 Å². The zero-order valence-corrected chi connectivity index (χ0v) is 15.7. The molecular formula is C24H23NO. The van der Waals surface area contributed by atoms with Gasteiger partial charge in [-0.25, -0.2) is 4.98 Å². The minimum absolute atomic E-state index is 0.281. The minimum atomic E-state index is -0.281. The highest BCUT2D eigenvalue weighted by molar-refractivity contribution is 5.69. The Hall–Kier alpha value is -3.05. The van der Waals surface area contributed by atoms with Crippen molar-refractivity contribution in [2.24, 2.45) is 0 Å². The van der Waals surface area contributed by atoms with Crippen molar-refractivity contribution >= 4 is 0 Å². The summed E-state index contributed by atoms with van der Waals surface area (Å²) in [6.07, 6.45) is 0. The first kappa shape index (κ1) is 17.8. The van der Waals surface area contributed by atoms with E-state index in [1.807, 2.05) is 75.4 Å². The minimum Gasteiger partial charge on any atom is -0.472 e. The van der Waals surface area contributed by atoms with Crippen molar-refractivity contribution in [3.05, 3.63) is 83.4 Å². The fraction of sp³-hybridized carbons (Fsp3) is 0.208. The normalized spacial score (nSPS) is 10.8. The van der Waals surface area contributed by atoms with Crippen LogP contribution in [0.2, 0.25) is 0 Å². The van der Waals surface area contributed by atoms with E-state index in [4.69, 9.17) is 4.74 Å². The van der Waals surface area contributed by atoms with Crippen LogP contribution >= 0.6 is 0 Å². The van der Waals surface area contributed by atoms with Crippen molar-refractivity contribution in [2.75, 3.05) is 0 Å². The van der Waals surface area contributed by atoms with Gasteiger partial charge in [0.25, 0.3) is 0 Å². The molecule has 0 bridgehead atoms. The van der Waals surface area contributed by atoms with Crippen molar-refractivity contribution in [1.82, 2.24) is 4.98 Å². The Morgan fingerprint density at radius 2 is 1.54 bits per heavy atom. The molecule has 2 aromatic carbocycles. The molecule has 0 unspecified atom stereocenters. The lowest BCUT2D eigenvalue weighted by atomic mass is 10.0. The quantitative estimate of drug-likeness (QED) is 0.563. The van der Waals surface area contributed by atoms with Gasteiger partial charge in [0.1, 0.15) is 5.60 Å². The first-order valence-electron chi connectivity index (χ1n) is 8.75. The van der Waals surface area contributed by atoms with Crippen LogP contribution in [-0.2, 0) is 0 Å². The summed E-state index contributed by atoms with van der Waals surface area (Å²) < 4.78 is 5.90. The van der Waals surface area contributed by atoms with E-state index in [0.717, 1.165) is 22.4 Å². The highest BCUT2D eigenvalue weighted by atomic mass is 16.5. The molecule has 3 rings (SSSR count). The summed E-state index contributed by atoms with van der Waals surface area (Å²) >= 11 is 0. The molecule has 0 aliphatic heterocycles. The molecule has 0 fully saturated rings. The highest BCUT2D eigenvalue weighted by Gasteiger charge is 2.13. The second kappa shape index (κ2) is 7.45. The summed E-state index contributed by atoms with van der Waals surface area (Å²) in [5.74, 6) is 7.15. The van der Waals surface area contributed by atoms with Gasteiger partial charge >= 0.3 is 0 Å². The molecule has 2 heteroatoms. The lowest BCUT2D eigenvalue weighted by molar-refractivity contribution is 0.124. The average Bonchev–Trinajstić information content (AvgIpc) is 2.60. The van der Waals surface area contributed by atoms with Gasteiger partial charge in [0, 0.05) is 22.8 Å². The number of hydrogen-bond acceptors (Lipinski definition) is 2. The summed E-state index contributed by atoms with van der Waals surface area (Å²) in [5, 5.41) is 0. The number of nitrogens with zero attached hydrogens (tertiary/aromatic N) is 1. The molecule has 0 spiro atoms. The highest BCUT2D eigenvalue weighted by Crippen LogP contribution is 2.24. The van der Waals surface area contributed by atoms with Crippen LogP contribution in [0.4, 0.5) is 0 Å². The maximum atomic E-state index is 5.90. The van der Waals surface area contributed by atoms with Gasteiger partial charge < -0.3 is 4.74 Å². The molecule has 2 nitrogen and oxygen atoms in total. The Labute approximate surface area is 155 Å². The molecule has 0 saturated carbocycles. The predicted octanol–water partition coefficient (Wildman–Crippen LogP) is 5.63. The van der Waals surface area contributed by atoms with Crippen LogP contribution in [0.15, 0.2) is 66.7 Å². The van der Waals surface area contributed by atoms with Gasteiger partial charge in [0.2, 0.25) is 5.88 Å². The van der Waals surface area contributed by atoms with Crippen LogP contribution in [0.25, 0.3) is 11.3 Å². The number of hydrogen-bond donors (Lipinski definition) is 0. The monoisotopic (exact) mass is 341 g/mol. The summed E-state index contributed by atoms with van der Waals surface area (Å²) in [6, 6.07) is 22.1. The van der Waals surface area contributed by atoms with Gasteiger partial charge in [-0.05, 0) is 52.0 Å². The zero-order chi connectivity index (χ0) is 18.6. The Morgan fingerprint density at radius 1 is 0.808 bits per heavy atom. The summed E-state index contributed by atoms with van der Waals surface area (Å²) in [5.41, 5.74) is 4.77. The van der Waals surface area contributed by atoms with E-state index in [9.17, 15) is 0 Å². The van der Waals surface area contributed by atoms with Crippen molar-refractivity contribution in [1.29, 1.82) is 0 Å². The van der Waals surface area contributed by atoms with Crippen LogP contribution in [0.5, 0.6) is 5.88 Å². The number of aryl methyl sites for hydroxylation is 1. The third kappa shape index (κ3) is 4.74. The van der Waals surface area contributed by atoms with E-state index in [0.29, 0.717) is 5.88 Å². The number of rotatable bonds is 2. The Bertz CT molecular complexity index is 954. The van der Waals surface area contributed by atoms with E-state index in [-0.39, 0.29) is 5.60 Å². The van der Waals surface area contributed by atoms with Gasteiger partial charge in [-0.3, -0.25) is 0 Å². The SMILES string of the molecule is Cc1ccc(C#Cc2ccccc2-c2cccc(OC(C)(C)C)n2)cc1. The number of ether oxygens (including phenoxy) is 1. The molecule has 0 aliphatic rings. The molecule has 3 aromatic rings. The van der Waals surface area contributed by atoms with Crippen molar-refractivity contribution in [2.45, 2.75) is 33.3 Å². The molecule has 0 atom stereocenters. The third-order valence-electron chi connectivity index (χ3n) is 3.73. The molecule has 0 radical (unpaired) electrons. The maximum absolute atomic E-state index is 5.90. The zero-order valence-electron chi connectivity index (χ0n) is 15.7. The Balaban J connectivity index is 1.95. The smallest absolute Gasteiger partial charge is 0.214 e. The van der Waals surface area contributed by atoms with Gasteiger partial charge in [-0.15, -0.1) is 0 Å². The lowest BCUT2D eigenvalue weighted by Crippen LogP contribution is -2.23. The van der Waals surface area contributed by atoms with Crippen LogP contribution in [0.3, 0.4) is 0 Å². The first-order valence-corrected chi connectivity index (χ1v) is 8.75. The summed E-state index contributed by atoms with van der Waals surface area (Å²) in [4.78, 5) is 4.67. The second-order valence-electron chi connectivity index (χ2n) is 7.24. The van der Waals surface area contributed by atoms with Gasteiger partial charge in [0.05, 0.1) is 5.69 Å². The average molecular weight is 341 g/mol. The van der Waals surface area contributed by atoms with Crippen molar-refractivity contribution in [3.63, 3.8) is 0 Å². The van der Waals surface area contributed by atoms with E-state index in [1.54, 1.807) is 0 Å². The molecule has 1 heterocycles. The molecule has 0 amide bonds. The molecule has 130 valence electrons. The number of aromatic nitrogens is 1. The second-order valence-corrected chi connectivity index (χ2v) is 7.24. The van der Waals surface area contributed by atoms with Gasteiger partial charge in [-0.1, -0.05) is 53.8 Å². The molecule has 1 aromatic heterocycles. The summed E-state index contributed by atoms with van der Waals surface area (Å²) in [6.45, 7) is 8.12. The summed E-state index contributed by atoms with van der Waals surface area (Å²) in [7, 11) is 0. The number of pyridine rings is 1. The molecular weight excluding hydrogens is 318 g/mol. The fourth-order valence-electron chi connectivity index (χ4n) is 2.53. The van der Waals surface area contributed by atoms with Crippen LogP contribution in [0, 0.1) is 18.8 Å². The Morgan fingerprint density at radius 3 is 2.27 bits per heavy atom. The van der Waals surface area contributed by atoms with Crippen LogP contribution < -0.4 is 4.74 Å². The lowest BCUT2D eigenvalue weighted by Gasteiger charge is -2.20. The van der Waals surface area contributed by atoms with Crippen LogP contribution in [-0.4, -0.2) is 10.6 Å². The standard InChI is InChI=1S/C24H23NO/c1-18-12-14-19(15-13-18)16-17-20-8-5-6-9-21(20)22-10-7-11-23(25-22)26-24(2,3)4/h5-15H,1-4H3. The fourth-order valence-corrected chi connectivity index (χ4v) is 2.53. The predicted molar refractivity (Wildman–Crippen MR) is 107 cm³/mol. The van der Waals surface area contributed by atoms with E-state index < -0.39 is 0 Å². The van der Waals surface area contributed by atoms with E-state index >= 15 is 0 Å². The maximum Gasteiger partial charge on any atom is 0.214 e. The third-order valence-corrected chi connectivity index (χ3v) is 3.73. The molecule has 26 heavy (non-hydrogen) atoms. The first-order chi connectivity index (χ1) is 12.4. The Kier molecular flexibility index (Phi) is 5.09. The topological polar surface area (TPSA) is 22.1 Å². The molecule has 0 saturated heterocycles. The largest absolute Gasteiger partial charge is 0.472 e. The van der Waals surface area contributed by atoms with Crippen molar-refractivity contribution < 1.29 is 4.74 Å². The van der Waals surface area contributed by atoms with E-state index in [1.165, 1.54) is 5.56 Å².